The van der Waals surface area contributed by atoms with Crippen molar-refractivity contribution in [2.24, 2.45) is 0 Å². The maximum atomic E-state index is 12.3. The second-order valence-electron chi connectivity index (χ2n) is 6.40. The molecule has 1 aliphatic rings. The Hall–Kier alpha value is -2.36. The van der Waals surface area contributed by atoms with Crippen LogP contribution in [0.25, 0.3) is 0 Å². The van der Waals surface area contributed by atoms with Gasteiger partial charge in [-0.25, -0.2) is 8.42 Å². The van der Waals surface area contributed by atoms with Gasteiger partial charge in [0.05, 0.1) is 10.6 Å². The van der Waals surface area contributed by atoms with Crippen molar-refractivity contribution in [3.8, 4) is 0 Å². The van der Waals surface area contributed by atoms with E-state index in [9.17, 15) is 18.0 Å². The summed E-state index contributed by atoms with van der Waals surface area (Å²) in [6.45, 7) is 2.61. The van der Waals surface area contributed by atoms with Crippen LogP contribution < -0.4 is 15.2 Å². The van der Waals surface area contributed by atoms with Crippen molar-refractivity contribution in [2.45, 2.75) is 29.6 Å². The van der Waals surface area contributed by atoms with E-state index in [1.165, 1.54) is 23.9 Å². The number of hydrazine groups is 1. The molecular formula is C19H21N3O4S2. The second-order valence-corrected chi connectivity index (χ2v) is 9.13. The average molecular weight is 420 g/mol. The highest BCUT2D eigenvalue weighted by Gasteiger charge is 2.22. The number of benzene rings is 2. The topological polar surface area (TPSA) is 95.6 Å². The minimum Gasteiger partial charge on any atom is -0.312 e. The van der Waals surface area contributed by atoms with E-state index in [0.29, 0.717) is 18.7 Å². The summed E-state index contributed by atoms with van der Waals surface area (Å²) in [6, 6.07) is 13.7. The van der Waals surface area contributed by atoms with E-state index in [1.807, 2.05) is 31.2 Å². The molecule has 2 aromatic rings. The number of hydrogen-bond donors (Lipinski definition) is 2. The molecule has 0 aliphatic carbocycles. The Labute approximate surface area is 168 Å². The van der Waals surface area contributed by atoms with Crippen molar-refractivity contribution in [1.29, 1.82) is 0 Å². The van der Waals surface area contributed by atoms with E-state index >= 15 is 0 Å². The molecular weight excluding hydrogens is 398 g/mol. The minimum atomic E-state index is -3.89. The van der Waals surface area contributed by atoms with Crippen molar-refractivity contribution in [3.05, 3.63) is 54.1 Å². The normalized spacial score (nSPS) is 14.3. The van der Waals surface area contributed by atoms with Gasteiger partial charge in [0, 0.05) is 23.5 Å². The van der Waals surface area contributed by atoms with Crippen molar-refractivity contribution in [1.82, 2.24) is 10.3 Å². The molecule has 2 amide bonds. The monoisotopic (exact) mass is 419 g/mol. The zero-order chi connectivity index (χ0) is 20.1. The van der Waals surface area contributed by atoms with Crippen LogP contribution in [0.15, 0.2) is 58.3 Å². The summed E-state index contributed by atoms with van der Waals surface area (Å²) >= 11 is 1.32. The number of thioether (sulfide) groups is 1. The molecule has 0 radical (unpaired) electrons. The molecule has 0 unspecified atom stereocenters. The van der Waals surface area contributed by atoms with Crippen molar-refractivity contribution < 1.29 is 18.0 Å². The van der Waals surface area contributed by atoms with Gasteiger partial charge in [-0.3, -0.25) is 15.0 Å². The predicted octanol–water partition coefficient (Wildman–Crippen LogP) is 2.22. The molecule has 1 heterocycles. The summed E-state index contributed by atoms with van der Waals surface area (Å²) in [7, 11) is -3.89. The molecule has 0 saturated carbocycles. The quantitative estimate of drug-likeness (QED) is 0.530. The molecule has 0 atom stereocenters. The van der Waals surface area contributed by atoms with Crippen LogP contribution >= 0.6 is 11.8 Å². The maximum Gasteiger partial charge on any atom is 0.257 e. The van der Waals surface area contributed by atoms with Gasteiger partial charge in [0.25, 0.3) is 10.0 Å². The van der Waals surface area contributed by atoms with E-state index in [4.69, 9.17) is 0 Å². The van der Waals surface area contributed by atoms with Gasteiger partial charge < -0.3 is 4.90 Å². The SMILES string of the molecule is Cc1ccc(SCC(=O)NNS(=O)(=O)c2ccc(N3CCCC3=O)cc2)cc1. The first-order valence-electron chi connectivity index (χ1n) is 8.76. The minimum absolute atomic E-state index is 0.00869. The van der Waals surface area contributed by atoms with E-state index in [2.05, 4.69) is 10.3 Å². The lowest BCUT2D eigenvalue weighted by Gasteiger charge is -2.16. The fourth-order valence-electron chi connectivity index (χ4n) is 2.73. The van der Waals surface area contributed by atoms with Gasteiger partial charge in [0.15, 0.2) is 0 Å². The standard InChI is InChI=1S/C19H21N3O4S2/c1-14-4-8-16(9-5-14)27-13-18(23)20-21-28(25,26)17-10-6-15(7-11-17)22-12-2-3-19(22)24/h4-11,21H,2-3,12-13H2,1H3,(H,20,23). The van der Waals surface area contributed by atoms with Crippen LogP contribution in [0.4, 0.5) is 5.69 Å². The van der Waals surface area contributed by atoms with Gasteiger partial charge in [0.2, 0.25) is 11.8 Å². The van der Waals surface area contributed by atoms with Crippen molar-refractivity contribution >= 4 is 39.3 Å². The molecule has 0 spiro atoms. The van der Waals surface area contributed by atoms with E-state index in [0.717, 1.165) is 16.9 Å². The lowest BCUT2D eigenvalue weighted by molar-refractivity contribution is -0.119. The highest BCUT2D eigenvalue weighted by Crippen LogP contribution is 2.23. The predicted molar refractivity (Wildman–Crippen MR) is 108 cm³/mol. The fraction of sp³-hybridized carbons (Fsp3) is 0.263. The molecule has 0 bridgehead atoms. The third-order valence-corrected chi connectivity index (χ3v) is 6.52. The Kier molecular flexibility index (Phi) is 6.38. The molecule has 3 rings (SSSR count). The molecule has 0 aromatic heterocycles. The first-order valence-corrected chi connectivity index (χ1v) is 11.2. The molecule has 2 N–H and O–H groups in total. The third-order valence-electron chi connectivity index (χ3n) is 4.25. The van der Waals surface area contributed by atoms with Gasteiger partial charge in [-0.15, -0.1) is 16.6 Å². The zero-order valence-corrected chi connectivity index (χ0v) is 17.0. The molecule has 1 fully saturated rings. The van der Waals surface area contributed by atoms with Gasteiger partial charge >= 0.3 is 0 Å². The lowest BCUT2D eigenvalue weighted by Crippen LogP contribution is -2.42. The molecule has 1 saturated heterocycles. The molecule has 148 valence electrons. The zero-order valence-electron chi connectivity index (χ0n) is 15.3. The highest BCUT2D eigenvalue weighted by molar-refractivity contribution is 8.00. The number of sulfonamides is 1. The summed E-state index contributed by atoms with van der Waals surface area (Å²) < 4.78 is 24.7. The summed E-state index contributed by atoms with van der Waals surface area (Å²) in [5.41, 5.74) is 4.01. The van der Waals surface area contributed by atoms with Gasteiger partial charge in [-0.05, 0) is 49.7 Å². The summed E-state index contributed by atoms with van der Waals surface area (Å²) in [5.74, 6) is -0.331. The van der Waals surface area contributed by atoms with Gasteiger partial charge in [0.1, 0.15) is 0 Å². The second kappa shape index (κ2) is 8.76. The molecule has 2 aromatic carbocycles. The van der Waals surface area contributed by atoms with Gasteiger partial charge in [-0.1, -0.05) is 17.7 Å². The Morgan fingerprint density at radius 2 is 1.79 bits per heavy atom. The number of amides is 2. The summed E-state index contributed by atoms with van der Waals surface area (Å²) in [5, 5.41) is 0. The number of nitrogens with one attached hydrogen (secondary N) is 2. The number of aryl methyl sites for hydroxylation is 1. The Morgan fingerprint density at radius 1 is 1.11 bits per heavy atom. The lowest BCUT2D eigenvalue weighted by atomic mass is 10.2. The summed E-state index contributed by atoms with van der Waals surface area (Å²) in [6.07, 6.45) is 1.31. The average Bonchev–Trinajstić information content (AvgIpc) is 3.12. The number of hydrogen-bond acceptors (Lipinski definition) is 5. The first-order chi connectivity index (χ1) is 13.3. The Bertz CT molecular complexity index is 958. The number of rotatable bonds is 7. The first kappa shape index (κ1) is 20.4. The summed E-state index contributed by atoms with van der Waals surface area (Å²) in [4.78, 5) is 28.3. The number of carbonyl (C=O) groups excluding carboxylic acids is 2. The van der Waals surface area contributed by atoms with Crippen LogP contribution in [0.3, 0.4) is 0 Å². The molecule has 7 nitrogen and oxygen atoms in total. The van der Waals surface area contributed by atoms with Crippen LogP contribution in [0.1, 0.15) is 18.4 Å². The van der Waals surface area contributed by atoms with Crippen molar-refractivity contribution in [2.75, 3.05) is 17.2 Å². The van der Waals surface area contributed by atoms with Crippen molar-refractivity contribution in [3.63, 3.8) is 0 Å². The van der Waals surface area contributed by atoms with Crippen LogP contribution in [0.2, 0.25) is 0 Å². The number of carbonyl (C=O) groups is 2. The Morgan fingerprint density at radius 3 is 2.39 bits per heavy atom. The molecule has 1 aliphatic heterocycles. The van der Waals surface area contributed by atoms with Crippen LogP contribution in [-0.2, 0) is 19.6 Å². The third kappa shape index (κ3) is 5.12. The van der Waals surface area contributed by atoms with Crippen LogP contribution in [-0.4, -0.2) is 32.5 Å². The number of nitrogens with zero attached hydrogens (tertiary/aromatic N) is 1. The highest BCUT2D eigenvalue weighted by atomic mass is 32.2. The van der Waals surface area contributed by atoms with Crippen LogP contribution in [0, 0.1) is 6.92 Å². The smallest absolute Gasteiger partial charge is 0.257 e. The number of anilines is 1. The fourth-order valence-corrected chi connectivity index (χ4v) is 4.29. The molecule has 9 heteroatoms. The largest absolute Gasteiger partial charge is 0.312 e. The van der Waals surface area contributed by atoms with E-state index in [-0.39, 0.29) is 16.6 Å². The van der Waals surface area contributed by atoms with Gasteiger partial charge in [-0.2, -0.15) is 0 Å². The van der Waals surface area contributed by atoms with E-state index in [1.54, 1.807) is 17.0 Å². The Balaban J connectivity index is 1.53. The molecule has 28 heavy (non-hydrogen) atoms. The van der Waals surface area contributed by atoms with Crippen LogP contribution in [0.5, 0.6) is 0 Å². The maximum absolute atomic E-state index is 12.3. The van der Waals surface area contributed by atoms with E-state index < -0.39 is 15.9 Å².